The zero-order chi connectivity index (χ0) is 14.5. The van der Waals surface area contributed by atoms with Crippen LogP contribution >= 0.6 is 0 Å². The molecule has 2 N–H and O–H groups in total. The first-order valence-electron chi connectivity index (χ1n) is 7.20. The zero-order valence-corrected chi connectivity index (χ0v) is 12.5. The van der Waals surface area contributed by atoms with Crippen molar-refractivity contribution in [1.82, 2.24) is 0 Å². The maximum atomic E-state index is 6.35. The maximum Gasteiger partial charge on any atom is 0.119 e. The van der Waals surface area contributed by atoms with Crippen LogP contribution in [0.15, 0.2) is 48.5 Å². The third kappa shape index (κ3) is 3.40. The summed E-state index contributed by atoms with van der Waals surface area (Å²) in [6, 6.07) is 16.5. The van der Waals surface area contributed by atoms with Crippen molar-refractivity contribution >= 4 is 0 Å². The molecule has 0 saturated heterocycles. The van der Waals surface area contributed by atoms with Crippen molar-refractivity contribution < 1.29 is 4.74 Å². The van der Waals surface area contributed by atoms with E-state index >= 15 is 0 Å². The number of hydrogen-bond donors (Lipinski definition) is 1. The quantitative estimate of drug-likeness (QED) is 0.880. The fourth-order valence-electron chi connectivity index (χ4n) is 2.25. The minimum Gasteiger partial charge on any atom is -0.494 e. The molecule has 1 unspecified atom stereocenters. The number of rotatable bonds is 5. The molecule has 2 nitrogen and oxygen atoms in total. The molecule has 0 aromatic heterocycles. The van der Waals surface area contributed by atoms with Crippen LogP contribution in [0.5, 0.6) is 5.75 Å². The van der Waals surface area contributed by atoms with E-state index < -0.39 is 0 Å². The first-order chi connectivity index (χ1) is 9.61. The molecule has 2 heteroatoms. The van der Waals surface area contributed by atoms with E-state index in [1.165, 1.54) is 5.56 Å². The van der Waals surface area contributed by atoms with Gasteiger partial charge in [-0.3, -0.25) is 0 Å². The van der Waals surface area contributed by atoms with Gasteiger partial charge in [-0.05, 0) is 41.7 Å². The van der Waals surface area contributed by atoms with Crippen LogP contribution in [0.3, 0.4) is 0 Å². The van der Waals surface area contributed by atoms with E-state index in [-0.39, 0.29) is 6.04 Å². The summed E-state index contributed by atoms with van der Waals surface area (Å²) < 4.78 is 5.53. The lowest BCUT2D eigenvalue weighted by molar-refractivity contribution is 0.340. The van der Waals surface area contributed by atoms with Crippen molar-refractivity contribution in [2.45, 2.75) is 32.7 Å². The number of ether oxygens (including phenoxy) is 1. The second kappa shape index (κ2) is 6.58. The summed E-state index contributed by atoms with van der Waals surface area (Å²) in [5.41, 5.74) is 9.89. The van der Waals surface area contributed by atoms with Gasteiger partial charge in [0, 0.05) is 0 Å². The predicted octanol–water partition coefficient (Wildman–Crippen LogP) is 4.26. The first-order valence-corrected chi connectivity index (χ1v) is 7.20. The van der Waals surface area contributed by atoms with Crippen molar-refractivity contribution in [3.8, 4) is 5.75 Å². The summed E-state index contributed by atoms with van der Waals surface area (Å²) in [4.78, 5) is 0. The molecular weight excluding hydrogens is 246 g/mol. The monoisotopic (exact) mass is 269 g/mol. The smallest absolute Gasteiger partial charge is 0.119 e. The SMILES string of the molecule is CCOc1cccc(C(N)c2ccc(C(C)C)cc2)c1. The largest absolute Gasteiger partial charge is 0.494 e. The topological polar surface area (TPSA) is 35.2 Å². The van der Waals surface area contributed by atoms with E-state index in [4.69, 9.17) is 10.5 Å². The highest BCUT2D eigenvalue weighted by Crippen LogP contribution is 2.24. The van der Waals surface area contributed by atoms with E-state index in [0.29, 0.717) is 12.5 Å². The van der Waals surface area contributed by atoms with E-state index in [9.17, 15) is 0 Å². The van der Waals surface area contributed by atoms with Crippen LogP contribution in [0.4, 0.5) is 0 Å². The Morgan fingerprint density at radius 1 is 0.950 bits per heavy atom. The van der Waals surface area contributed by atoms with Crippen LogP contribution < -0.4 is 10.5 Å². The van der Waals surface area contributed by atoms with Gasteiger partial charge in [0.25, 0.3) is 0 Å². The summed E-state index contributed by atoms with van der Waals surface area (Å²) >= 11 is 0. The molecule has 0 aliphatic rings. The third-order valence-corrected chi connectivity index (χ3v) is 3.49. The zero-order valence-electron chi connectivity index (χ0n) is 12.5. The maximum absolute atomic E-state index is 6.35. The molecule has 0 saturated carbocycles. The van der Waals surface area contributed by atoms with Gasteiger partial charge in [0.2, 0.25) is 0 Å². The highest BCUT2D eigenvalue weighted by atomic mass is 16.5. The Morgan fingerprint density at radius 2 is 1.60 bits per heavy atom. The van der Waals surface area contributed by atoms with E-state index in [2.05, 4.69) is 38.1 Å². The number of benzene rings is 2. The Balaban J connectivity index is 2.21. The van der Waals surface area contributed by atoms with Crippen LogP contribution in [-0.4, -0.2) is 6.61 Å². The van der Waals surface area contributed by atoms with Crippen molar-refractivity contribution in [2.24, 2.45) is 5.73 Å². The molecule has 0 bridgehead atoms. The van der Waals surface area contributed by atoms with E-state index in [0.717, 1.165) is 16.9 Å². The molecule has 0 spiro atoms. The molecule has 2 aromatic carbocycles. The Kier molecular flexibility index (Phi) is 4.80. The number of nitrogens with two attached hydrogens (primary N) is 1. The van der Waals surface area contributed by atoms with Gasteiger partial charge in [-0.15, -0.1) is 0 Å². The molecule has 0 fully saturated rings. The summed E-state index contributed by atoms with van der Waals surface area (Å²) in [6.07, 6.45) is 0. The Hall–Kier alpha value is -1.80. The second-order valence-corrected chi connectivity index (χ2v) is 5.30. The molecular formula is C18H23NO. The lowest BCUT2D eigenvalue weighted by Gasteiger charge is -2.15. The minimum atomic E-state index is -0.114. The highest BCUT2D eigenvalue weighted by molar-refractivity contribution is 5.37. The summed E-state index contributed by atoms with van der Waals surface area (Å²) in [5, 5.41) is 0. The second-order valence-electron chi connectivity index (χ2n) is 5.30. The van der Waals surface area contributed by atoms with Gasteiger partial charge in [-0.25, -0.2) is 0 Å². The molecule has 1 atom stereocenters. The Bertz CT molecular complexity index is 546. The molecule has 0 amide bonds. The lowest BCUT2D eigenvalue weighted by Crippen LogP contribution is -2.12. The summed E-state index contributed by atoms with van der Waals surface area (Å²) in [5.74, 6) is 1.42. The molecule has 106 valence electrons. The fourth-order valence-corrected chi connectivity index (χ4v) is 2.25. The van der Waals surface area contributed by atoms with Gasteiger partial charge in [-0.1, -0.05) is 50.2 Å². The third-order valence-electron chi connectivity index (χ3n) is 3.49. The van der Waals surface area contributed by atoms with Crippen LogP contribution in [0.2, 0.25) is 0 Å². The Labute approximate surface area is 121 Å². The molecule has 0 aliphatic heterocycles. The average Bonchev–Trinajstić information content (AvgIpc) is 2.47. The fraction of sp³-hybridized carbons (Fsp3) is 0.333. The number of hydrogen-bond acceptors (Lipinski definition) is 2. The lowest BCUT2D eigenvalue weighted by atomic mass is 9.96. The molecule has 0 heterocycles. The Morgan fingerprint density at radius 3 is 2.20 bits per heavy atom. The van der Waals surface area contributed by atoms with E-state index in [1.54, 1.807) is 0 Å². The van der Waals surface area contributed by atoms with Crippen molar-refractivity contribution in [2.75, 3.05) is 6.61 Å². The van der Waals surface area contributed by atoms with Gasteiger partial charge in [0.05, 0.1) is 12.6 Å². The predicted molar refractivity (Wildman–Crippen MR) is 84.2 cm³/mol. The average molecular weight is 269 g/mol. The molecule has 0 aliphatic carbocycles. The molecule has 2 rings (SSSR count). The first kappa shape index (κ1) is 14.6. The highest BCUT2D eigenvalue weighted by Gasteiger charge is 2.10. The van der Waals surface area contributed by atoms with E-state index in [1.807, 2.05) is 31.2 Å². The molecule has 20 heavy (non-hydrogen) atoms. The summed E-state index contributed by atoms with van der Waals surface area (Å²) in [7, 11) is 0. The van der Waals surface area contributed by atoms with Gasteiger partial charge in [0.15, 0.2) is 0 Å². The normalized spacial score (nSPS) is 12.4. The molecule has 0 radical (unpaired) electrons. The van der Waals surface area contributed by atoms with Gasteiger partial charge in [-0.2, -0.15) is 0 Å². The van der Waals surface area contributed by atoms with Crippen molar-refractivity contribution in [3.63, 3.8) is 0 Å². The van der Waals surface area contributed by atoms with Crippen molar-refractivity contribution in [1.29, 1.82) is 0 Å². The molecule has 2 aromatic rings. The standard InChI is InChI=1S/C18H23NO/c1-4-20-17-7-5-6-16(12-17)18(19)15-10-8-14(9-11-15)13(2)3/h5-13,18H,4,19H2,1-3H3. The van der Waals surface area contributed by atoms with Crippen LogP contribution in [0, 0.1) is 0 Å². The van der Waals surface area contributed by atoms with Crippen LogP contribution in [0.1, 0.15) is 49.4 Å². The van der Waals surface area contributed by atoms with Crippen molar-refractivity contribution in [3.05, 3.63) is 65.2 Å². The van der Waals surface area contributed by atoms with Crippen LogP contribution in [-0.2, 0) is 0 Å². The van der Waals surface area contributed by atoms with Gasteiger partial charge < -0.3 is 10.5 Å². The van der Waals surface area contributed by atoms with Gasteiger partial charge >= 0.3 is 0 Å². The summed E-state index contributed by atoms with van der Waals surface area (Å²) in [6.45, 7) is 7.04. The van der Waals surface area contributed by atoms with Crippen LogP contribution in [0.25, 0.3) is 0 Å². The van der Waals surface area contributed by atoms with Gasteiger partial charge in [0.1, 0.15) is 5.75 Å². The minimum absolute atomic E-state index is 0.114.